The number of aliphatic carboxylic acids is 2. The molecule has 212 valence electrons. The Bertz CT molecular complexity index is 980. The number of imidazole rings is 1. The molecule has 0 fully saturated rings. The fraction of sp³-hybridized carbons (Fsp3) is 0.591. The maximum absolute atomic E-state index is 13.2. The molecule has 0 saturated heterocycles. The van der Waals surface area contributed by atoms with Crippen LogP contribution in [0.15, 0.2) is 17.5 Å². The van der Waals surface area contributed by atoms with Gasteiger partial charge in [-0.05, 0) is 18.8 Å². The van der Waals surface area contributed by atoms with Crippen molar-refractivity contribution in [1.82, 2.24) is 25.9 Å². The minimum atomic E-state index is -1.72. The van der Waals surface area contributed by atoms with Crippen LogP contribution in [0, 0.1) is 5.92 Å². The van der Waals surface area contributed by atoms with Crippen molar-refractivity contribution in [2.24, 2.45) is 28.1 Å². The predicted molar refractivity (Wildman–Crippen MR) is 135 cm³/mol. The highest BCUT2D eigenvalue weighted by Crippen LogP contribution is 2.11. The van der Waals surface area contributed by atoms with Crippen LogP contribution in [0.25, 0.3) is 0 Å². The number of hydrogen-bond acceptors (Lipinski definition) is 8. The third-order valence-corrected chi connectivity index (χ3v) is 5.70. The monoisotopic (exact) mass is 539 g/mol. The quantitative estimate of drug-likeness (QED) is 0.0561. The number of rotatable bonds is 17. The molecule has 1 heterocycles. The highest BCUT2D eigenvalue weighted by molar-refractivity contribution is 5.94. The lowest BCUT2D eigenvalue weighted by Crippen LogP contribution is -2.59. The molecule has 5 atom stereocenters. The van der Waals surface area contributed by atoms with Gasteiger partial charge in [0.05, 0.1) is 18.8 Å². The number of H-pyrrole nitrogens is 1. The Balaban J connectivity index is 3.03. The van der Waals surface area contributed by atoms with E-state index in [2.05, 4.69) is 30.9 Å². The Morgan fingerprint density at radius 1 is 1.05 bits per heavy atom. The average Bonchev–Trinajstić information content (AvgIpc) is 3.35. The lowest BCUT2D eigenvalue weighted by molar-refractivity contribution is -0.147. The van der Waals surface area contributed by atoms with Gasteiger partial charge in [0, 0.05) is 24.9 Å². The van der Waals surface area contributed by atoms with Gasteiger partial charge in [-0.1, -0.05) is 20.3 Å². The molecular weight excluding hydrogens is 502 g/mol. The molecule has 0 bridgehead atoms. The van der Waals surface area contributed by atoms with Crippen LogP contribution in [0.4, 0.5) is 0 Å². The number of carbonyl (C=O) groups is 5. The zero-order chi connectivity index (χ0) is 28.8. The second-order valence-electron chi connectivity index (χ2n) is 8.77. The molecule has 0 aliphatic heterocycles. The Morgan fingerprint density at radius 2 is 1.71 bits per heavy atom. The summed E-state index contributed by atoms with van der Waals surface area (Å²) in [7, 11) is 0. The minimum absolute atomic E-state index is 0.00568. The molecule has 0 aromatic carbocycles. The van der Waals surface area contributed by atoms with Gasteiger partial charge >= 0.3 is 11.9 Å². The number of hydrogen-bond donors (Lipinski definition) is 9. The molecule has 5 unspecified atom stereocenters. The lowest BCUT2D eigenvalue weighted by Gasteiger charge is -2.28. The number of carboxylic acids is 2. The Labute approximate surface area is 219 Å². The van der Waals surface area contributed by atoms with Crippen LogP contribution in [0.2, 0.25) is 0 Å². The number of carboxylic acid groups (broad SMARTS) is 2. The smallest absolute Gasteiger partial charge is 0.326 e. The second-order valence-corrected chi connectivity index (χ2v) is 8.77. The number of nitrogens with two attached hydrogens (primary N) is 3. The van der Waals surface area contributed by atoms with Crippen LogP contribution in [-0.4, -0.2) is 86.5 Å². The Morgan fingerprint density at radius 3 is 2.24 bits per heavy atom. The van der Waals surface area contributed by atoms with Crippen LogP contribution < -0.4 is 33.2 Å². The third kappa shape index (κ3) is 11.2. The van der Waals surface area contributed by atoms with Crippen LogP contribution in [0.3, 0.4) is 0 Å². The molecule has 0 radical (unpaired) electrons. The van der Waals surface area contributed by atoms with E-state index in [0.717, 1.165) is 0 Å². The van der Waals surface area contributed by atoms with Crippen molar-refractivity contribution in [2.45, 2.75) is 70.1 Å². The van der Waals surface area contributed by atoms with Gasteiger partial charge in [0.1, 0.15) is 18.1 Å². The van der Waals surface area contributed by atoms with Crippen molar-refractivity contribution in [3.05, 3.63) is 18.2 Å². The first kappa shape index (κ1) is 31.8. The molecule has 16 nitrogen and oxygen atoms in total. The molecule has 1 aromatic rings. The number of aromatic amines is 1. The standard InChI is InChI=1S/C22H37N9O7/c1-3-11(2)17(31-18(34)13(23)7-12-9-26-10-28-12)20(36)29-14(5-4-6-27-22(24)25)19(35)30-15(21(37)38)8-16(32)33/h9-11,13-15,17H,3-8,23H2,1-2H3,(H,26,28)(H,29,36)(H,30,35)(H,31,34)(H,32,33)(H,37,38)(H4,24,25,27). The molecule has 0 aliphatic rings. The highest BCUT2D eigenvalue weighted by atomic mass is 16.4. The summed E-state index contributed by atoms with van der Waals surface area (Å²) in [6, 6.07) is -5.04. The van der Waals surface area contributed by atoms with Crippen molar-refractivity contribution in [3.8, 4) is 0 Å². The van der Waals surface area contributed by atoms with Gasteiger partial charge in [-0.25, -0.2) is 9.78 Å². The van der Waals surface area contributed by atoms with Crippen LogP contribution in [0.1, 0.15) is 45.2 Å². The molecule has 0 aliphatic carbocycles. The number of aliphatic imine (C=N–C) groups is 1. The molecular formula is C22H37N9O7. The van der Waals surface area contributed by atoms with Crippen LogP contribution >= 0.6 is 0 Å². The van der Waals surface area contributed by atoms with E-state index in [1.165, 1.54) is 12.5 Å². The summed E-state index contributed by atoms with van der Waals surface area (Å²) in [6.45, 7) is 3.66. The summed E-state index contributed by atoms with van der Waals surface area (Å²) in [5.41, 5.74) is 17.2. The lowest BCUT2D eigenvalue weighted by atomic mass is 9.96. The van der Waals surface area contributed by atoms with Crippen molar-refractivity contribution >= 4 is 35.6 Å². The van der Waals surface area contributed by atoms with Crippen LogP contribution in [-0.2, 0) is 30.4 Å². The third-order valence-electron chi connectivity index (χ3n) is 5.70. The van der Waals surface area contributed by atoms with Crippen molar-refractivity contribution < 1.29 is 34.2 Å². The summed E-state index contributed by atoms with van der Waals surface area (Å²) in [6.07, 6.45) is 2.96. The molecule has 16 heteroatoms. The molecule has 38 heavy (non-hydrogen) atoms. The van der Waals surface area contributed by atoms with E-state index in [4.69, 9.17) is 22.3 Å². The predicted octanol–water partition coefficient (Wildman–Crippen LogP) is -2.61. The summed E-state index contributed by atoms with van der Waals surface area (Å²) >= 11 is 0. The largest absolute Gasteiger partial charge is 0.481 e. The van der Waals surface area contributed by atoms with Gasteiger partial charge in [-0.3, -0.25) is 24.2 Å². The van der Waals surface area contributed by atoms with Crippen LogP contribution in [0.5, 0.6) is 0 Å². The molecule has 0 spiro atoms. The molecule has 3 amide bonds. The summed E-state index contributed by atoms with van der Waals surface area (Å²) < 4.78 is 0. The van der Waals surface area contributed by atoms with Gasteiger partial charge in [-0.15, -0.1) is 0 Å². The van der Waals surface area contributed by atoms with E-state index in [-0.39, 0.29) is 37.7 Å². The number of guanidine groups is 1. The van der Waals surface area contributed by atoms with E-state index in [1.54, 1.807) is 6.92 Å². The number of nitrogens with one attached hydrogen (secondary N) is 4. The Kier molecular flexibility index (Phi) is 13.2. The van der Waals surface area contributed by atoms with Gasteiger partial charge in [0.25, 0.3) is 0 Å². The van der Waals surface area contributed by atoms with Crippen molar-refractivity contribution in [2.75, 3.05) is 6.54 Å². The van der Waals surface area contributed by atoms with E-state index in [0.29, 0.717) is 12.1 Å². The number of nitrogens with zero attached hydrogens (tertiary/aromatic N) is 2. The van der Waals surface area contributed by atoms with Crippen molar-refractivity contribution in [3.63, 3.8) is 0 Å². The van der Waals surface area contributed by atoms with Crippen molar-refractivity contribution in [1.29, 1.82) is 0 Å². The summed E-state index contributed by atoms with van der Waals surface area (Å²) in [5, 5.41) is 25.5. The fourth-order valence-corrected chi connectivity index (χ4v) is 3.37. The topological polar surface area (TPSA) is 281 Å². The SMILES string of the molecule is CCC(C)C(NC(=O)C(N)Cc1cnc[nH]1)C(=O)NC(CCCN=C(N)N)C(=O)NC(CC(=O)O)C(=O)O. The first-order chi connectivity index (χ1) is 17.8. The molecule has 1 rings (SSSR count). The normalized spacial score (nSPS) is 14.7. The first-order valence-electron chi connectivity index (χ1n) is 12.0. The maximum Gasteiger partial charge on any atom is 0.326 e. The fourth-order valence-electron chi connectivity index (χ4n) is 3.37. The number of amides is 3. The summed E-state index contributed by atoms with van der Waals surface area (Å²) in [4.78, 5) is 71.8. The highest BCUT2D eigenvalue weighted by Gasteiger charge is 2.33. The summed E-state index contributed by atoms with van der Waals surface area (Å²) in [5.74, 6) is -5.73. The number of aromatic nitrogens is 2. The zero-order valence-corrected chi connectivity index (χ0v) is 21.3. The molecule has 1 aromatic heterocycles. The zero-order valence-electron chi connectivity index (χ0n) is 21.3. The Hall–Kier alpha value is -4.21. The number of carbonyl (C=O) groups excluding carboxylic acids is 3. The minimum Gasteiger partial charge on any atom is -0.481 e. The van der Waals surface area contributed by atoms with E-state index >= 15 is 0 Å². The second kappa shape index (κ2) is 15.8. The molecule has 0 saturated carbocycles. The van der Waals surface area contributed by atoms with Gasteiger partial charge in [0.15, 0.2) is 5.96 Å². The first-order valence-corrected chi connectivity index (χ1v) is 12.0. The van der Waals surface area contributed by atoms with Gasteiger partial charge in [-0.2, -0.15) is 0 Å². The average molecular weight is 540 g/mol. The van der Waals surface area contributed by atoms with E-state index < -0.39 is 60.2 Å². The van der Waals surface area contributed by atoms with E-state index in [9.17, 15) is 29.1 Å². The maximum atomic E-state index is 13.2. The van der Waals surface area contributed by atoms with E-state index in [1.807, 2.05) is 6.92 Å². The van der Waals surface area contributed by atoms with Gasteiger partial charge in [0.2, 0.25) is 17.7 Å². The molecule has 12 N–H and O–H groups in total. The van der Waals surface area contributed by atoms with Gasteiger partial charge < -0.3 is 48.3 Å².